The number of benzene rings is 3. The summed E-state index contributed by atoms with van der Waals surface area (Å²) in [6.45, 7) is 4.52. The summed E-state index contributed by atoms with van der Waals surface area (Å²) in [4.78, 5) is 4.73. The first kappa shape index (κ1) is 20.1. The molecule has 0 amide bonds. The van der Waals surface area contributed by atoms with E-state index in [-0.39, 0.29) is 0 Å². The molecule has 0 unspecified atom stereocenters. The van der Waals surface area contributed by atoms with Crippen LogP contribution < -0.4 is 4.74 Å². The molecule has 0 radical (unpaired) electrons. The van der Waals surface area contributed by atoms with Crippen LogP contribution >= 0.6 is 0 Å². The van der Waals surface area contributed by atoms with Gasteiger partial charge in [0.05, 0.1) is 0 Å². The second kappa shape index (κ2) is 10.6. The van der Waals surface area contributed by atoms with E-state index in [0.29, 0.717) is 6.61 Å². The molecule has 0 aromatic heterocycles. The third-order valence-electron chi connectivity index (χ3n) is 4.67. The van der Waals surface area contributed by atoms with Gasteiger partial charge in [-0.25, -0.2) is 0 Å². The first-order chi connectivity index (χ1) is 13.7. The van der Waals surface area contributed by atoms with Crippen molar-refractivity contribution in [3.8, 4) is 5.75 Å². The molecule has 3 aromatic carbocycles. The minimum absolute atomic E-state index is 0.596. The molecule has 0 aliphatic rings. The lowest BCUT2D eigenvalue weighted by Crippen LogP contribution is -2.31. The molecule has 28 heavy (non-hydrogen) atoms. The van der Waals surface area contributed by atoms with Crippen molar-refractivity contribution in [2.75, 3.05) is 27.2 Å². The molecule has 0 N–H and O–H groups in total. The van der Waals surface area contributed by atoms with Crippen LogP contribution in [0.4, 0.5) is 0 Å². The largest absolute Gasteiger partial charge is 0.489 e. The zero-order valence-corrected chi connectivity index (χ0v) is 16.9. The highest BCUT2D eigenvalue weighted by Crippen LogP contribution is 2.18. The van der Waals surface area contributed by atoms with Crippen LogP contribution in [0.1, 0.15) is 16.7 Å². The molecule has 3 nitrogen and oxygen atoms in total. The van der Waals surface area contributed by atoms with E-state index in [1.165, 1.54) is 16.7 Å². The van der Waals surface area contributed by atoms with Crippen LogP contribution in [0, 0.1) is 0 Å². The highest BCUT2D eigenvalue weighted by Gasteiger charge is 2.09. The van der Waals surface area contributed by atoms with Crippen molar-refractivity contribution in [2.24, 2.45) is 0 Å². The topological polar surface area (TPSA) is 15.7 Å². The van der Waals surface area contributed by atoms with Gasteiger partial charge in [-0.1, -0.05) is 72.8 Å². The van der Waals surface area contributed by atoms with Crippen molar-refractivity contribution in [3.05, 3.63) is 102 Å². The van der Waals surface area contributed by atoms with Gasteiger partial charge in [0, 0.05) is 26.2 Å². The van der Waals surface area contributed by atoms with Gasteiger partial charge in [0.25, 0.3) is 0 Å². The fourth-order valence-corrected chi connectivity index (χ4v) is 3.13. The van der Waals surface area contributed by atoms with Gasteiger partial charge in [0.2, 0.25) is 0 Å². The van der Waals surface area contributed by atoms with E-state index >= 15 is 0 Å². The lowest BCUT2D eigenvalue weighted by atomic mass is 10.1. The van der Waals surface area contributed by atoms with Crippen LogP contribution in [0.2, 0.25) is 0 Å². The Labute approximate surface area is 169 Å². The van der Waals surface area contributed by atoms with Gasteiger partial charge in [0.15, 0.2) is 0 Å². The van der Waals surface area contributed by atoms with Crippen molar-refractivity contribution < 1.29 is 4.74 Å². The average molecular weight is 375 g/mol. The minimum Gasteiger partial charge on any atom is -0.489 e. The smallest absolute Gasteiger partial charge is 0.120 e. The maximum absolute atomic E-state index is 6.00. The monoisotopic (exact) mass is 374 g/mol. The van der Waals surface area contributed by atoms with Crippen molar-refractivity contribution in [2.45, 2.75) is 19.7 Å². The molecule has 146 valence electrons. The van der Waals surface area contributed by atoms with E-state index in [2.05, 4.69) is 84.6 Å². The van der Waals surface area contributed by atoms with Gasteiger partial charge in [-0.05, 0) is 42.9 Å². The number of likely N-dealkylation sites (N-methyl/N-ethyl adjacent to an activating group) is 1. The molecule has 0 saturated heterocycles. The predicted molar refractivity (Wildman–Crippen MR) is 116 cm³/mol. The summed E-state index contributed by atoms with van der Waals surface area (Å²) in [5.41, 5.74) is 3.81. The number of hydrogen-bond acceptors (Lipinski definition) is 3. The summed E-state index contributed by atoms with van der Waals surface area (Å²) < 4.78 is 6.00. The standard InChI is InChI=1S/C25H30N2O/c1-26(2)16-17-27(19-22-10-5-3-6-11-22)20-24-14-9-15-25(18-24)28-21-23-12-7-4-8-13-23/h3-15,18H,16-17,19-21H2,1-2H3. The molecule has 0 bridgehead atoms. The van der Waals surface area contributed by atoms with E-state index in [4.69, 9.17) is 4.74 Å². The fraction of sp³-hybridized carbons (Fsp3) is 0.280. The molecular weight excluding hydrogens is 344 g/mol. The molecule has 0 heterocycles. The highest BCUT2D eigenvalue weighted by molar-refractivity contribution is 5.29. The van der Waals surface area contributed by atoms with Gasteiger partial charge in [-0.3, -0.25) is 4.90 Å². The second-order valence-corrected chi connectivity index (χ2v) is 7.42. The van der Waals surface area contributed by atoms with Crippen LogP contribution in [0.3, 0.4) is 0 Å². The summed E-state index contributed by atoms with van der Waals surface area (Å²) in [6.07, 6.45) is 0. The quantitative estimate of drug-likeness (QED) is 0.505. The van der Waals surface area contributed by atoms with Crippen molar-refractivity contribution >= 4 is 0 Å². The molecule has 3 aromatic rings. The summed E-state index contributed by atoms with van der Waals surface area (Å²) in [7, 11) is 4.25. The molecule has 0 spiro atoms. The van der Waals surface area contributed by atoms with Crippen LogP contribution in [0.25, 0.3) is 0 Å². The first-order valence-electron chi connectivity index (χ1n) is 9.86. The molecule has 3 heteroatoms. The summed E-state index contributed by atoms with van der Waals surface area (Å²) in [5, 5.41) is 0. The van der Waals surface area contributed by atoms with Crippen LogP contribution in [-0.4, -0.2) is 37.0 Å². The Morgan fingerprint density at radius 2 is 1.25 bits per heavy atom. The number of nitrogens with zero attached hydrogens (tertiary/aromatic N) is 2. The van der Waals surface area contributed by atoms with Gasteiger partial charge in [0.1, 0.15) is 12.4 Å². The zero-order chi connectivity index (χ0) is 19.6. The lowest BCUT2D eigenvalue weighted by Gasteiger charge is -2.24. The molecule has 0 aliphatic heterocycles. The molecule has 0 aliphatic carbocycles. The van der Waals surface area contributed by atoms with E-state index in [1.54, 1.807) is 0 Å². The van der Waals surface area contributed by atoms with Crippen LogP contribution in [-0.2, 0) is 19.7 Å². The van der Waals surface area contributed by atoms with Gasteiger partial charge < -0.3 is 9.64 Å². The van der Waals surface area contributed by atoms with Gasteiger partial charge in [-0.15, -0.1) is 0 Å². The third-order valence-corrected chi connectivity index (χ3v) is 4.67. The Hall–Kier alpha value is -2.62. The fourth-order valence-electron chi connectivity index (χ4n) is 3.13. The number of rotatable bonds is 10. The van der Waals surface area contributed by atoms with E-state index in [1.807, 2.05) is 24.3 Å². The average Bonchev–Trinajstić information content (AvgIpc) is 2.72. The van der Waals surface area contributed by atoms with Crippen LogP contribution in [0.15, 0.2) is 84.9 Å². The predicted octanol–water partition coefficient (Wildman–Crippen LogP) is 4.83. The van der Waals surface area contributed by atoms with Crippen molar-refractivity contribution in [1.29, 1.82) is 0 Å². The Morgan fingerprint density at radius 1 is 0.643 bits per heavy atom. The van der Waals surface area contributed by atoms with Gasteiger partial charge >= 0.3 is 0 Å². The Balaban J connectivity index is 1.64. The molecule has 0 saturated carbocycles. The summed E-state index contributed by atoms with van der Waals surface area (Å²) in [5.74, 6) is 0.925. The minimum atomic E-state index is 0.596. The number of hydrogen-bond donors (Lipinski definition) is 0. The van der Waals surface area contributed by atoms with E-state index in [9.17, 15) is 0 Å². The Bertz CT molecular complexity index is 818. The lowest BCUT2D eigenvalue weighted by molar-refractivity contribution is 0.225. The molecule has 0 atom stereocenters. The van der Waals surface area contributed by atoms with Crippen molar-refractivity contribution in [1.82, 2.24) is 9.80 Å². The maximum atomic E-state index is 6.00. The second-order valence-electron chi connectivity index (χ2n) is 7.42. The summed E-state index contributed by atoms with van der Waals surface area (Å²) >= 11 is 0. The zero-order valence-electron chi connectivity index (χ0n) is 16.9. The van der Waals surface area contributed by atoms with E-state index in [0.717, 1.165) is 31.9 Å². The van der Waals surface area contributed by atoms with Crippen LogP contribution in [0.5, 0.6) is 5.75 Å². The van der Waals surface area contributed by atoms with E-state index < -0.39 is 0 Å². The first-order valence-corrected chi connectivity index (χ1v) is 9.86. The number of ether oxygens (including phenoxy) is 1. The normalized spacial score (nSPS) is 11.1. The third kappa shape index (κ3) is 6.84. The van der Waals surface area contributed by atoms with Crippen molar-refractivity contribution in [3.63, 3.8) is 0 Å². The summed E-state index contributed by atoms with van der Waals surface area (Å²) in [6, 6.07) is 29.4. The Morgan fingerprint density at radius 3 is 1.93 bits per heavy atom. The maximum Gasteiger partial charge on any atom is 0.120 e. The van der Waals surface area contributed by atoms with Gasteiger partial charge in [-0.2, -0.15) is 0 Å². The highest BCUT2D eigenvalue weighted by atomic mass is 16.5. The molecule has 3 rings (SSSR count). The molecule has 0 fully saturated rings. The Kier molecular flexibility index (Phi) is 7.65. The SMILES string of the molecule is CN(C)CCN(Cc1ccccc1)Cc1cccc(OCc2ccccc2)c1. The molecular formula is C25H30N2O.